The topological polar surface area (TPSA) is 46.6 Å². The van der Waals surface area contributed by atoms with Crippen LogP contribution < -0.4 is 4.90 Å². The molecular formula is C27H23NO3. The van der Waals surface area contributed by atoms with Crippen LogP contribution in [-0.4, -0.2) is 19.4 Å². The monoisotopic (exact) mass is 409 g/mol. The third-order valence-corrected chi connectivity index (χ3v) is 5.48. The Labute approximate surface area is 182 Å². The summed E-state index contributed by atoms with van der Waals surface area (Å²) in [4.78, 5) is 26.1. The lowest BCUT2D eigenvalue weighted by Crippen LogP contribution is -2.30. The van der Waals surface area contributed by atoms with Gasteiger partial charge in [0, 0.05) is 23.2 Å². The fourth-order valence-corrected chi connectivity index (χ4v) is 3.91. The summed E-state index contributed by atoms with van der Waals surface area (Å²) in [6.07, 6.45) is 1.30. The highest BCUT2D eigenvalue weighted by atomic mass is 16.5. The molecule has 0 saturated heterocycles. The van der Waals surface area contributed by atoms with Crippen molar-refractivity contribution in [3.05, 3.63) is 113 Å². The standard InChI is InChI=1S/C27H23NO3/c1-18-9-14-23-19(2)24(16-20-10-12-21(17-29)13-11-20)26(27(30)31-3)28(25(23)15-18)22-7-5-4-6-8-22/h4-15,17H,2,16H2,1,3H3. The third-order valence-electron chi connectivity index (χ3n) is 5.48. The molecule has 1 aliphatic heterocycles. The molecule has 0 fully saturated rings. The third kappa shape index (κ3) is 3.80. The average Bonchev–Trinajstić information content (AvgIpc) is 2.81. The highest BCUT2D eigenvalue weighted by Crippen LogP contribution is 2.45. The first-order valence-corrected chi connectivity index (χ1v) is 10.0. The van der Waals surface area contributed by atoms with E-state index in [-0.39, 0.29) is 0 Å². The minimum Gasteiger partial charge on any atom is -0.464 e. The van der Waals surface area contributed by atoms with E-state index in [1.165, 1.54) is 7.11 Å². The number of allylic oxidation sites excluding steroid dienone is 2. The van der Waals surface area contributed by atoms with Crippen molar-refractivity contribution in [1.29, 1.82) is 0 Å². The maximum atomic E-state index is 13.1. The molecule has 0 unspecified atom stereocenters. The van der Waals surface area contributed by atoms with Crippen molar-refractivity contribution in [3.8, 4) is 0 Å². The quantitative estimate of drug-likeness (QED) is 0.404. The van der Waals surface area contributed by atoms with Gasteiger partial charge in [0.05, 0.1) is 12.8 Å². The molecule has 0 amide bonds. The number of carbonyl (C=O) groups is 2. The number of nitrogens with zero attached hydrogens (tertiary/aromatic N) is 1. The maximum absolute atomic E-state index is 13.1. The first-order valence-electron chi connectivity index (χ1n) is 10.0. The summed E-state index contributed by atoms with van der Waals surface area (Å²) in [5.41, 5.74) is 7.47. The summed E-state index contributed by atoms with van der Waals surface area (Å²) in [6.45, 7) is 6.37. The van der Waals surface area contributed by atoms with Crippen molar-refractivity contribution in [2.75, 3.05) is 12.0 Å². The first-order chi connectivity index (χ1) is 15.0. The SMILES string of the molecule is C=C1C(Cc2ccc(C=O)cc2)=C(C(=O)OC)N(c2ccccc2)c2cc(C)ccc21. The summed E-state index contributed by atoms with van der Waals surface area (Å²) < 4.78 is 5.21. The van der Waals surface area contributed by atoms with E-state index in [9.17, 15) is 9.59 Å². The molecule has 1 heterocycles. The number of rotatable bonds is 5. The van der Waals surface area contributed by atoms with E-state index in [0.717, 1.165) is 45.5 Å². The zero-order chi connectivity index (χ0) is 22.0. The maximum Gasteiger partial charge on any atom is 0.355 e. The number of hydrogen-bond donors (Lipinski definition) is 0. The van der Waals surface area contributed by atoms with Crippen molar-refractivity contribution in [2.45, 2.75) is 13.3 Å². The first kappa shape index (κ1) is 20.4. The van der Waals surface area contributed by atoms with Gasteiger partial charge in [0.25, 0.3) is 0 Å². The van der Waals surface area contributed by atoms with Gasteiger partial charge in [0.15, 0.2) is 0 Å². The van der Waals surface area contributed by atoms with Crippen LogP contribution in [0.3, 0.4) is 0 Å². The van der Waals surface area contributed by atoms with Crippen LogP contribution in [0.4, 0.5) is 11.4 Å². The van der Waals surface area contributed by atoms with Crippen LogP contribution >= 0.6 is 0 Å². The lowest BCUT2D eigenvalue weighted by atomic mass is 9.86. The number of hydrogen-bond acceptors (Lipinski definition) is 4. The largest absolute Gasteiger partial charge is 0.464 e. The second-order valence-corrected chi connectivity index (χ2v) is 7.53. The van der Waals surface area contributed by atoms with Crippen molar-refractivity contribution in [2.24, 2.45) is 0 Å². The molecular weight excluding hydrogens is 386 g/mol. The molecule has 0 atom stereocenters. The van der Waals surface area contributed by atoms with E-state index >= 15 is 0 Å². The molecule has 31 heavy (non-hydrogen) atoms. The van der Waals surface area contributed by atoms with E-state index in [1.807, 2.05) is 66.4 Å². The van der Waals surface area contributed by atoms with Gasteiger partial charge in [-0.1, -0.05) is 61.2 Å². The minimum atomic E-state index is -0.420. The number of aldehydes is 1. The van der Waals surface area contributed by atoms with Gasteiger partial charge in [-0.15, -0.1) is 0 Å². The second-order valence-electron chi connectivity index (χ2n) is 7.53. The van der Waals surface area contributed by atoms with E-state index in [4.69, 9.17) is 4.74 Å². The number of methoxy groups -OCH3 is 1. The van der Waals surface area contributed by atoms with Crippen LogP contribution in [0.2, 0.25) is 0 Å². The molecule has 0 spiro atoms. The second kappa shape index (κ2) is 8.44. The minimum absolute atomic E-state index is 0.420. The molecule has 4 heteroatoms. The van der Waals surface area contributed by atoms with Crippen LogP contribution in [-0.2, 0) is 16.0 Å². The molecule has 0 aromatic heterocycles. The Kier molecular flexibility index (Phi) is 5.54. The molecule has 0 radical (unpaired) electrons. The zero-order valence-electron chi connectivity index (χ0n) is 17.6. The van der Waals surface area contributed by atoms with Gasteiger partial charge in [-0.05, 0) is 47.4 Å². The van der Waals surface area contributed by atoms with Crippen molar-refractivity contribution >= 4 is 29.2 Å². The molecule has 154 valence electrons. The molecule has 0 saturated carbocycles. The smallest absolute Gasteiger partial charge is 0.355 e. The Balaban J connectivity index is 1.94. The number of anilines is 2. The fraction of sp³-hybridized carbons (Fsp3) is 0.111. The van der Waals surface area contributed by atoms with E-state index in [0.29, 0.717) is 17.7 Å². The Morgan fingerprint density at radius 3 is 2.39 bits per heavy atom. The van der Waals surface area contributed by atoms with Gasteiger partial charge in [0.2, 0.25) is 0 Å². The number of para-hydroxylation sites is 1. The number of carbonyl (C=O) groups excluding carboxylic acids is 2. The highest BCUT2D eigenvalue weighted by Gasteiger charge is 2.33. The summed E-state index contributed by atoms with van der Waals surface area (Å²) in [6, 6.07) is 23.3. The molecule has 0 N–H and O–H groups in total. The number of fused-ring (bicyclic) bond motifs is 1. The van der Waals surface area contributed by atoms with Gasteiger partial charge in [0.1, 0.15) is 12.0 Å². The fourth-order valence-electron chi connectivity index (χ4n) is 3.91. The van der Waals surface area contributed by atoms with Crippen molar-refractivity contribution in [3.63, 3.8) is 0 Å². The van der Waals surface area contributed by atoms with Gasteiger partial charge in [-0.3, -0.25) is 4.79 Å². The van der Waals surface area contributed by atoms with E-state index in [1.54, 1.807) is 12.1 Å². The van der Waals surface area contributed by atoms with E-state index in [2.05, 4.69) is 12.6 Å². The highest BCUT2D eigenvalue weighted by molar-refractivity contribution is 6.06. The van der Waals surface area contributed by atoms with Gasteiger partial charge in [-0.2, -0.15) is 0 Å². The molecule has 1 aliphatic rings. The Bertz CT molecular complexity index is 1190. The number of esters is 1. The summed E-state index contributed by atoms with van der Waals surface area (Å²) in [5.74, 6) is -0.420. The molecule has 0 aliphatic carbocycles. The molecule has 0 bridgehead atoms. The van der Waals surface area contributed by atoms with Crippen LogP contribution in [0.15, 0.2) is 90.6 Å². The molecule has 3 aromatic rings. The van der Waals surface area contributed by atoms with Crippen LogP contribution in [0.5, 0.6) is 0 Å². The van der Waals surface area contributed by atoms with Gasteiger partial charge >= 0.3 is 5.97 Å². The average molecular weight is 409 g/mol. The summed E-state index contributed by atoms with van der Waals surface area (Å²) in [5, 5.41) is 0. The normalized spacial score (nSPS) is 13.1. The van der Waals surface area contributed by atoms with Crippen molar-refractivity contribution in [1.82, 2.24) is 0 Å². The van der Waals surface area contributed by atoms with Gasteiger partial charge in [-0.25, -0.2) is 4.79 Å². The molecule has 4 nitrogen and oxygen atoms in total. The molecule has 3 aromatic carbocycles. The van der Waals surface area contributed by atoms with Crippen molar-refractivity contribution < 1.29 is 14.3 Å². The Morgan fingerprint density at radius 2 is 1.74 bits per heavy atom. The van der Waals surface area contributed by atoms with Gasteiger partial charge < -0.3 is 9.64 Å². The zero-order valence-corrected chi connectivity index (χ0v) is 17.6. The number of ether oxygens (including phenoxy) is 1. The molecule has 4 rings (SSSR count). The Hall–Kier alpha value is -3.92. The van der Waals surface area contributed by atoms with Crippen LogP contribution in [0.1, 0.15) is 27.0 Å². The van der Waals surface area contributed by atoms with E-state index < -0.39 is 5.97 Å². The van der Waals surface area contributed by atoms with Crippen LogP contribution in [0, 0.1) is 6.92 Å². The predicted molar refractivity (Wildman–Crippen MR) is 123 cm³/mol. The predicted octanol–water partition coefficient (Wildman–Crippen LogP) is 5.64. The van der Waals surface area contributed by atoms with Crippen LogP contribution in [0.25, 0.3) is 5.57 Å². The number of benzene rings is 3. The summed E-state index contributed by atoms with van der Waals surface area (Å²) in [7, 11) is 1.39. The summed E-state index contributed by atoms with van der Waals surface area (Å²) >= 11 is 0. The number of aryl methyl sites for hydroxylation is 1. The lowest BCUT2D eigenvalue weighted by molar-refractivity contribution is -0.136. The Morgan fingerprint density at radius 1 is 1.03 bits per heavy atom. The lowest BCUT2D eigenvalue weighted by Gasteiger charge is -2.35.